The Balaban J connectivity index is 1.72. The predicted molar refractivity (Wildman–Crippen MR) is 131 cm³/mol. The number of carbonyl (C=O) groups excluding carboxylic acids is 2. The zero-order valence-electron chi connectivity index (χ0n) is 21.1. The summed E-state index contributed by atoms with van der Waals surface area (Å²) in [5.74, 6) is 0.551. The first-order valence-electron chi connectivity index (χ1n) is 12.5. The first-order valence-corrected chi connectivity index (χ1v) is 12.5. The third-order valence-electron chi connectivity index (χ3n) is 4.73. The quantitative estimate of drug-likeness (QED) is 0.114. The van der Waals surface area contributed by atoms with E-state index in [4.69, 9.17) is 33.2 Å². The zero-order valence-corrected chi connectivity index (χ0v) is 21.1. The van der Waals surface area contributed by atoms with Crippen molar-refractivity contribution in [3.05, 3.63) is 29.8 Å². The first-order chi connectivity index (χ1) is 17.3. The molecule has 0 aromatic heterocycles. The average molecular weight is 499 g/mol. The van der Waals surface area contributed by atoms with E-state index >= 15 is 0 Å². The van der Waals surface area contributed by atoms with Gasteiger partial charge in [-0.15, -0.1) is 0 Å². The smallest absolute Gasteiger partial charge is 0.305 e. The number of rotatable bonds is 25. The summed E-state index contributed by atoms with van der Waals surface area (Å²) >= 11 is 0. The molecule has 1 rings (SSSR count). The second kappa shape index (κ2) is 23.7. The fraction of sp³-hybridized carbons (Fsp3) is 0.692. The van der Waals surface area contributed by atoms with Gasteiger partial charge in [-0.05, 0) is 30.7 Å². The van der Waals surface area contributed by atoms with Gasteiger partial charge >= 0.3 is 5.97 Å². The molecule has 0 unspecified atom stereocenters. The number of benzene rings is 1. The molecule has 9 nitrogen and oxygen atoms in total. The van der Waals surface area contributed by atoms with Crippen LogP contribution in [-0.4, -0.2) is 91.5 Å². The van der Waals surface area contributed by atoms with E-state index in [1.54, 1.807) is 24.3 Å². The van der Waals surface area contributed by atoms with Gasteiger partial charge in [0.1, 0.15) is 25.2 Å². The van der Waals surface area contributed by atoms with Crippen LogP contribution in [0.4, 0.5) is 0 Å². The van der Waals surface area contributed by atoms with E-state index < -0.39 is 0 Å². The molecule has 0 bridgehead atoms. The van der Waals surface area contributed by atoms with Gasteiger partial charge in [0.15, 0.2) is 0 Å². The summed E-state index contributed by atoms with van der Waals surface area (Å²) in [4.78, 5) is 22.1. The lowest BCUT2D eigenvalue weighted by molar-refractivity contribution is -0.145. The lowest BCUT2D eigenvalue weighted by Crippen LogP contribution is -2.15. The summed E-state index contributed by atoms with van der Waals surface area (Å²) in [7, 11) is 0. The molecule has 35 heavy (non-hydrogen) atoms. The van der Waals surface area contributed by atoms with Gasteiger partial charge in [-0.25, -0.2) is 0 Å². The molecule has 0 atom stereocenters. The van der Waals surface area contributed by atoms with Gasteiger partial charge < -0.3 is 33.2 Å². The Hall–Kier alpha value is -2.04. The number of unbranched alkanes of at least 4 members (excludes halogenated alkanes) is 3. The highest BCUT2D eigenvalue weighted by atomic mass is 16.6. The van der Waals surface area contributed by atoms with Crippen LogP contribution in [0.3, 0.4) is 0 Å². The average Bonchev–Trinajstić information content (AvgIpc) is 2.88. The molecule has 0 saturated heterocycles. The Morgan fingerprint density at radius 3 is 1.63 bits per heavy atom. The number of esters is 1. The van der Waals surface area contributed by atoms with Gasteiger partial charge in [-0.3, -0.25) is 9.59 Å². The molecule has 200 valence electrons. The fourth-order valence-electron chi connectivity index (χ4n) is 2.83. The van der Waals surface area contributed by atoms with Crippen molar-refractivity contribution in [1.29, 1.82) is 0 Å². The molecule has 0 heterocycles. The molecule has 0 amide bonds. The monoisotopic (exact) mass is 498 g/mol. The van der Waals surface area contributed by atoms with Crippen LogP contribution in [0, 0.1) is 0 Å². The molecule has 0 saturated carbocycles. The minimum Gasteiger partial charge on any atom is -0.491 e. The van der Waals surface area contributed by atoms with Crippen LogP contribution < -0.4 is 4.74 Å². The van der Waals surface area contributed by atoms with Gasteiger partial charge in [0.05, 0.1) is 66.1 Å². The number of aldehydes is 1. The van der Waals surface area contributed by atoms with E-state index in [0.29, 0.717) is 90.4 Å². The van der Waals surface area contributed by atoms with Crippen LogP contribution in [0.1, 0.15) is 49.4 Å². The van der Waals surface area contributed by atoms with E-state index in [9.17, 15) is 9.59 Å². The van der Waals surface area contributed by atoms with Crippen LogP contribution in [-0.2, 0) is 33.2 Å². The van der Waals surface area contributed by atoms with E-state index in [-0.39, 0.29) is 12.6 Å². The van der Waals surface area contributed by atoms with Crippen molar-refractivity contribution in [2.45, 2.75) is 39.0 Å². The second-order valence-corrected chi connectivity index (χ2v) is 7.63. The van der Waals surface area contributed by atoms with Crippen molar-refractivity contribution in [3.63, 3.8) is 0 Å². The Bertz CT molecular complexity index is 622. The molecule has 0 aliphatic carbocycles. The van der Waals surface area contributed by atoms with Crippen molar-refractivity contribution >= 4 is 12.3 Å². The summed E-state index contributed by atoms with van der Waals surface area (Å²) in [6.07, 6.45) is 5.56. The van der Waals surface area contributed by atoms with E-state index in [2.05, 4.69) is 6.92 Å². The Morgan fingerprint density at radius 2 is 1.14 bits per heavy atom. The third-order valence-corrected chi connectivity index (χ3v) is 4.73. The van der Waals surface area contributed by atoms with Crippen LogP contribution in [0.5, 0.6) is 5.75 Å². The van der Waals surface area contributed by atoms with Gasteiger partial charge in [-0.2, -0.15) is 0 Å². The molecular formula is C26H42O9. The molecule has 9 heteroatoms. The number of hydrogen-bond acceptors (Lipinski definition) is 9. The number of carbonyl (C=O) groups is 2. The number of ether oxygens (including phenoxy) is 7. The normalized spacial score (nSPS) is 10.9. The lowest BCUT2D eigenvalue weighted by Gasteiger charge is -2.09. The highest BCUT2D eigenvalue weighted by molar-refractivity contribution is 5.74. The van der Waals surface area contributed by atoms with E-state index in [1.807, 2.05) is 0 Å². The molecule has 0 aliphatic heterocycles. The van der Waals surface area contributed by atoms with Gasteiger partial charge in [0, 0.05) is 12.0 Å². The lowest BCUT2D eigenvalue weighted by atomic mass is 10.2. The largest absolute Gasteiger partial charge is 0.491 e. The molecule has 0 fully saturated rings. The predicted octanol–water partition coefficient (Wildman–Crippen LogP) is 3.47. The summed E-state index contributed by atoms with van der Waals surface area (Å²) in [5.41, 5.74) is 0.618. The zero-order chi connectivity index (χ0) is 25.2. The molecule has 1 aromatic rings. The summed E-state index contributed by atoms with van der Waals surface area (Å²) in [6, 6.07) is 6.92. The Kier molecular flexibility index (Phi) is 21.0. The minimum absolute atomic E-state index is 0.153. The topological polar surface area (TPSA) is 98.8 Å². The van der Waals surface area contributed by atoms with Gasteiger partial charge in [0.2, 0.25) is 0 Å². The van der Waals surface area contributed by atoms with Crippen molar-refractivity contribution < 1.29 is 42.7 Å². The first kappa shape index (κ1) is 31.0. The van der Waals surface area contributed by atoms with Crippen molar-refractivity contribution in [3.8, 4) is 5.75 Å². The molecular weight excluding hydrogens is 456 g/mol. The second-order valence-electron chi connectivity index (χ2n) is 7.63. The van der Waals surface area contributed by atoms with Crippen molar-refractivity contribution in [2.24, 2.45) is 0 Å². The maximum Gasteiger partial charge on any atom is 0.305 e. The van der Waals surface area contributed by atoms with Crippen molar-refractivity contribution in [1.82, 2.24) is 0 Å². The third kappa shape index (κ3) is 19.9. The van der Waals surface area contributed by atoms with Crippen LogP contribution in [0.15, 0.2) is 24.3 Å². The standard InChI is InChI=1S/C26H42O9/c1-2-3-4-5-6-26(28)35-22-20-33-18-16-31-14-12-29-11-13-30-15-17-32-19-21-34-25-9-7-24(23-27)8-10-25/h7-10,23H,2-6,11-22H2,1H3. The molecule has 0 N–H and O–H groups in total. The minimum atomic E-state index is -0.153. The van der Waals surface area contributed by atoms with Crippen LogP contribution >= 0.6 is 0 Å². The molecule has 0 spiro atoms. The molecule has 1 aromatic carbocycles. The van der Waals surface area contributed by atoms with Gasteiger partial charge in [-0.1, -0.05) is 26.2 Å². The van der Waals surface area contributed by atoms with Crippen LogP contribution in [0.25, 0.3) is 0 Å². The fourth-order valence-corrected chi connectivity index (χ4v) is 2.83. The number of hydrogen-bond donors (Lipinski definition) is 0. The van der Waals surface area contributed by atoms with E-state index in [0.717, 1.165) is 32.0 Å². The molecule has 0 aliphatic rings. The molecule has 0 radical (unpaired) electrons. The highest BCUT2D eigenvalue weighted by Crippen LogP contribution is 2.10. The maximum atomic E-state index is 11.5. The van der Waals surface area contributed by atoms with Gasteiger partial charge in [0.25, 0.3) is 0 Å². The summed E-state index contributed by atoms with van der Waals surface area (Å²) < 4.78 is 37.7. The van der Waals surface area contributed by atoms with Crippen molar-refractivity contribution in [2.75, 3.05) is 79.3 Å². The SMILES string of the molecule is CCCCCCC(=O)OCCOCCOCCOCCOCCOCCOc1ccc(C=O)cc1. The Morgan fingerprint density at radius 1 is 0.657 bits per heavy atom. The summed E-state index contributed by atoms with van der Waals surface area (Å²) in [5, 5.41) is 0. The Labute approximate surface area is 209 Å². The van der Waals surface area contributed by atoms with Crippen LogP contribution in [0.2, 0.25) is 0 Å². The maximum absolute atomic E-state index is 11.5. The summed E-state index contributed by atoms with van der Waals surface area (Å²) in [6.45, 7) is 7.53. The van der Waals surface area contributed by atoms with E-state index in [1.165, 1.54) is 0 Å². The highest BCUT2D eigenvalue weighted by Gasteiger charge is 2.02.